The first kappa shape index (κ1) is 14.0. The van der Waals surface area contributed by atoms with Gasteiger partial charge < -0.3 is 10.3 Å². The van der Waals surface area contributed by atoms with Crippen molar-refractivity contribution in [2.75, 3.05) is 18.8 Å². The molecule has 2 heterocycles. The molecule has 0 amide bonds. The highest BCUT2D eigenvalue weighted by Crippen LogP contribution is 2.18. The summed E-state index contributed by atoms with van der Waals surface area (Å²) in [7, 11) is 0. The third kappa shape index (κ3) is 2.93. The van der Waals surface area contributed by atoms with E-state index in [1.165, 1.54) is 0 Å². The summed E-state index contributed by atoms with van der Waals surface area (Å²) in [6.07, 6.45) is 1.78. The number of H-pyrrole nitrogens is 1. The summed E-state index contributed by atoms with van der Waals surface area (Å²) in [5.41, 5.74) is 1.73. The van der Waals surface area contributed by atoms with Crippen molar-refractivity contribution in [3.8, 4) is 0 Å². The first-order chi connectivity index (χ1) is 8.84. The maximum Gasteiger partial charge on any atom is 0.184 e. The molecular formula is C13H14ClN3OS. The SMILES string of the molecule is Cl.O=C(CNC1=NCCS1)c1c[nH]c2ccccc12. The molecule has 1 aliphatic rings. The third-order valence-corrected chi connectivity index (χ3v) is 3.81. The zero-order valence-corrected chi connectivity index (χ0v) is 11.8. The number of hydrogen-bond donors (Lipinski definition) is 2. The van der Waals surface area contributed by atoms with Gasteiger partial charge in [0.05, 0.1) is 13.1 Å². The van der Waals surface area contributed by atoms with E-state index in [-0.39, 0.29) is 18.2 Å². The maximum absolute atomic E-state index is 12.1. The largest absolute Gasteiger partial charge is 0.360 e. The number of amidine groups is 1. The molecular weight excluding hydrogens is 282 g/mol. The Balaban J connectivity index is 0.00000133. The van der Waals surface area contributed by atoms with Crippen molar-refractivity contribution in [1.82, 2.24) is 10.3 Å². The van der Waals surface area contributed by atoms with Gasteiger partial charge in [-0.1, -0.05) is 30.0 Å². The zero-order chi connectivity index (χ0) is 12.4. The van der Waals surface area contributed by atoms with Crippen LogP contribution in [0.2, 0.25) is 0 Å². The van der Waals surface area contributed by atoms with Crippen molar-refractivity contribution >= 4 is 46.0 Å². The van der Waals surface area contributed by atoms with Gasteiger partial charge >= 0.3 is 0 Å². The molecule has 2 N–H and O–H groups in total. The molecule has 0 saturated carbocycles. The minimum atomic E-state index is 0. The lowest BCUT2D eigenvalue weighted by atomic mass is 10.1. The molecule has 1 aromatic carbocycles. The summed E-state index contributed by atoms with van der Waals surface area (Å²) in [6, 6.07) is 7.82. The average Bonchev–Trinajstić information content (AvgIpc) is 3.05. The van der Waals surface area contributed by atoms with Crippen molar-refractivity contribution < 1.29 is 4.79 Å². The van der Waals surface area contributed by atoms with Crippen molar-refractivity contribution in [3.05, 3.63) is 36.0 Å². The Labute approximate surface area is 121 Å². The van der Waals surface area contributed by atoms with Crippen LogP contribution in [0.4, 0.5) is 0 Å². The fourth-order valence-electron chi connectivity index (χ4n) is 2.00. The molecule has 3 rings (SSSR count). The van der Waals surface area contributed by atoms with E-state index in [1.807, 2.05) is 24.3 Å². The highest BCUT2D eigenvalue weighted by atomic mass is 35.5. The average molecular weight is 296 g/mol. The maximum atomic E-state index is 12.1. The molecule has 0 radical (unpaired) electrons. The summed E-state index contributed by atoms with van der Waals surface area (Å²) in [5.74, 6) is 1.09. The Morgan fingerprint density at radius 3 is 3.05 bits per heavy atom. The van der Waals surface area contributed by atoms with Crippen molar-refractivity contribution in [2.45, 2.75) is 0 Å². The van der Waals surface area contributed by atoms with Crippen LogP contribution in [0.15, 0.2) is 35.5 Å². The monoisotopic (exact) mass is 295 g/mol. The lowest BCUT2D eigenvalue weighted by Crippen LogP contribution is -2.26. The second-order valence-corrected chi connectivity index (χ2v) is 5.14. The van der Waals surface area contributed by atoms with Gasteiger partial charge in [-0.05, 0) is 6.07 Å². The van der Waals surface area contributed by atoms with Gasteiger partial charge in [-0.2, -0.15) is 0 Å². The number of hydrogen-bond acceptors (Lipinski definition) is 4. The molecule has 6 heteroatoms. The van der Waals surface area contributed by atoms with E-state index in [1.54, 1.807) is 18.0 Å². The molecule has 100 valence electrons. The zero-order valence-electron chi connectivity index (χ0n) is 10.2. The van der Waals surface area contributed by atoms with E-state index >= 15 is 0 Å². The highest BCUT2D eigenvalue weighted by Gasteiger charge is 2.13. The minimum absolute atomic E-state index is 0. The summed E-state index contributed by atoms with van der Waals surface area (Å²) < 4.78 is 0. The number of para-hydroxylation sites is 1. The summed E-state index contributed by atoms with van der Waals surface area (Å²) in [6.45, 7) is 1.14. The van der Waals surface area contributed by atoms with Crippen LogP contribution >= 0.6 is 24.2 Å². The number of benzene rings is 1. The number of aromatic nitrogens is 1. The van der Waals surface area contributed by atoms with Crippen LogP contribution in [-0.2, 0) is 0 Å². The Morgan fingerprint density at radius 2 is 2.26 bits per heavy atom. The summed E-state index contributed by atoms with van der Waals surface area (Å²) >= 11 is 1.66. The second kappa shape index (κ2) is 6.12. The number of aliphatic imine (C=N–C) groups is 1. The normalized spacial score (nSPS) is 14.0. The Hall–Kier alpha value is -1.46. The molecule has 0 aliphatic carbocycles. The van der Waals surface area contributed by atoms with Gasteiger partial charge in [0.2, 0.25) is 0 Å². The quantitative estimate of drug-likeness (QED) is 0.855. The summed E-state index contributed by atoms with van der Waals surface area (Å²) in [4.78, 5) is 19.5. The smallest absolute Gasteiger partial charge is 0.184 e. The Morgan fingerprint density at radius 1 is 1.42 bits per heavy atom. The van der Waals surface area contributed by atoms with Crippen LogP contribution in [0.5, 0.6) is 0 Å². The molecule has 0 bridgehead atoms. The topological polar surface area (TPSA) is 57.2 Å². The van der Waals surface area contributed by atoms with Gasteiger partial charge in [-0.15, -0.1) is 12.4 Å². The van der Waals surface area contributed by atoms with Crippen molar-refractivity contribution in [2.24, 2.45) is 4.99 Å². The van der Waals surface area contributed by atoms with Crippen LogP contribution in [0.25, 0.3) is 10.9 Å². The van der Waals surface area contributed by atoms with Crippen LogP contribution in [0.3, 0.4) is 0 Å². The van der Waals surface area contributed by atoms with Crippen LogP contribution in [0.1, 0.15) is 10.4 Å². The number of nitrogens with one attached hydrogen (secondary N) is 2. The van der Waals surface area contributed by atoms with Crippen LogP contribution in [-0.4, -0.2) is 34.8 Å². The number of carbonyl (C=O) groups excluding carboxylic acids is 1. The number of rotatable bonds is 3. The van der Waals surface area contributed by atoms with Gasteiger partial charge in [0.25, 0.3) is 0 Å². The number of carbonyl (C=O) groups is 1. The van der Waals surface area contributed by atoms with Gasteiger partial charge in [-0.25, -0.2) is 0 Å². The first-order valence-electron chi connectivity index (χ1n) is 5.85. The number of aromatic amines is 1. The van der Waals surface area contributed by atoms with Crippen LogP contribution in [0, 0.1) is 0 Å². The van der Waals surface area contributed by atoms with E-state index in [0.717, 1.165) is 33.9 Å². The first-order valence-corrected chi connectivity index (χ1v) is 6.83. The number of fused-ring (bicyclic) bond motifs is 1. The predicted octanol–water partition coefficient (Wildman–Crippen LogP) is 2.46. The van der Waals surface area contributed by atoms with Gasteiger partial charge in [0, 0.05) is 28.4 Å². The lowest BCUT2D eigenvalue weighted by molar-refractivity contribution is 0.0998. The fraction of sp³-hybridized carbons (Fsp3) is 0.231. The number of nitrogens with zero attached hydrogens (tertiary/aromatic N) is 1. The van der Waals surface area contributed by atoms with E-state index in [4.69, 9.17) is 0 Å². The molecule has 4 nitrogen and oxygen atoms in total. The third-order valence-electron chi connectivity index (χ3n) is 2.88. The highest BCUT2D eigenvalue weighted by molar-refractivity contribution is 8.14. The van der Waals surface area contributed by atoms with Gasteiger partial charge in [0.15, 0.2) is 11.0 Å². The molecule has 1 aromatic heterocycles. The molecule has 0 fully saturated rings. The minimum Gasteiger partial charge on any atom is -0.360 e. The Bertz CT molecular complexity index is 623. The summed E-state index contributed by atoms with van der Waals surface area (Å²) in [5, 5.41) is 4.94. The van der Waals surface area contributed by atoms with Gasteiger partial charge in [0.1, 0.15) is 0 Å². The van der Waals surface area contributed by atoms with Crippen molar-refractivity contribution in [1.29, 1.82) is 0 Å². The number of halogens is 1. The number of thioether (sulfide) groups is 1. The van der Waals surface area contributed by atoms with E-state index < -0.39 is 0 Å². The van der Waals surface area contributed by atoms with E-state index in [0.29, 0.717) is 6.54 Å². The molecule has 0 spiro atoms. The molecule has 0 saturated heterocycles. The predicted molar refractivity (Wildman–Crippen MR) is 82.6 cm³/mol. The number of ketones is 1. The second-order valence-electron chi connectivity index (χ2n) is 4.06. The fourth-order valence-corrected chi connectivity index (χ4v) is 2.73. The van der Waals surface area contributed by atoms with Crippen LogP contribution < -0.4 is 5.32 Å². The van der Waals surface area contributed by atoms with E-state index in [9.17, 15) is 4.79 Å². The number of Topliss-reactive ketones (excluding diaryl/α,β-unsaturated/α-hetero) is 1. The van der Waals surface area contributed by atoms with Gasteiger partial charge in [-0.3, -0.25) is 9.79 Å². The molecule has 0 unspecified atom stereocenters. The standard InChI is InChI=1S/C13H13N3OS.ClH/c17-12(8-16-13-14-5-6-18-13)10-7-15-11-4-2-1-3-9(10)11;/h1-4,7,15H,5-6,8H2,(H,14,16);1H. The lowest BCUT2D eigenvalue weighted by Gasteiger charge is -2.03. The molecule has 2 aromatic rings. The molecule has 19 heavy (non-hydrogen) atoms. The van der Waals surface area contributed by atoms with Crippen molar-refractivity contribution in [3.63, 3.8) is 0 Å². The van der Waals surface area contributed by atoms with E-state index in [2.05, 4.69) is 15.3 Å². The molecule has 1 aliphatic heterocycles. The molecule has 0 atom stereocenters. The Kier molecular flexibility index (Phi) is 4.50.